The highest BCUT2D eigenvalue weighted by molar-refractivity contribution is 5.68. The topological polar surface area (TPSA) is 42.4 Å². The Kier molecular flexibility index (Phi) is 5.89. The van der Waals surface area contributed by atoms with Gasteiger partial charge in [0.05, 0.1) is 5.69 Å². The maximum Gasteiger partial charge on any atom is 0.410 e. The van der Waals surface area contributed by atoms with Crippen LogP contribution in [0.1, 0.15) is 35.6 Å². The number of nitrogens with zero attached hydrogens (tertiary/aromatic N) is 2. The van der Waals surface area contributed by atoms with Gasteiger partial charge in [0.25, 0.3) is 0 Å². The van der Waals surface area contributed by atoms with Crippen molar-refractivity contribution in [2.45, 2.75) is 32.3 Å². The largest absolute Gasteiger partial charge is 0.445 e. The molecule has 1 aliphatic rings. The number of hydrogen-bond donors (Lipinski definition) is 0. The molecular formula is C25H26N2O2. The van der Waals surface area contributed by atoms with Gasteiger partial charge < -0.3 is 9.64 Å². The second-order valence-electron chi connectivity index (χ2n) is 7.59. The highest BCUT2D eigenvalue weighted by Crippen LogP contribution is 2.29. The monoisotopic (exact) mass is 386 g/mol. The van der Waals surface area contributed by atoms with Crippen LogP contribution < -0.4 is 0 Å². The van der Waals surface area contributed by atoms with Crippen LogP contribution >= 0.6 is 0 Å². The van der Waals surface area contributed by atoms with Gasteiger partial charge in [-0.25, -0.2) is 4.79 Å². The first kappa shape index (κ1) is 19.2. The van der Waals surface area contributed by atoms with Crippen molar-refractivity contribution < 1.29 is 9.53 Å². The fourth-order valence-corrected chi connectivity index (χ4v) is 3.85. The highest BCUT2D eigenvalue weighted by Gasteiger charge is 2.27. The molecule has 1 amide bonds. The molecule has 4 nitrogen and oxygen atoms in total. The minimum Gasteiger partial charge on any atom is -0.445 e. The molecule has 1 aromatic heterocycles. The average Bonchev–Trinajstić information content (AvgIpc) is 2.79. The molecule has 4 heteroatoms. The van der Waals surface area contributed by atoms with Gasteiger partial charge in [-0.3, -0.25) is 4.98 Å². The standard InChI is InChI=1S/C25H26N2O2/c1-19-14-15-23(26-24(19)21-11-6-3-7-12-21)22-13-8-16-27(17-22)25(28)29-18-20-9-4-2-5-10-20/h2-7,9-12,14-15,22H,8,13,16-18H2,1H3. The number of amides is 1. The average molecular weight is 386 g/mol. The zero-order valence-corrected chi connectivity index (χ0v) is 16.8. The minimum absolute atomic E-state index is 0.232. The Morgan fingerprint density at radius 3 is 2.52 bits per heavy atom. The molecule has 0 spiro atoms. The van der Waals surface area contributed by atoms with E-state index in [1.165, 1.54) is 0 Å². The molecule has 1 fully saturated rings. The van der Waals surface area contributed by atoms with Gasteiger partial charge in [-0.1, -0.05) is 66.7 Å². The zero-order valence-electron chi connectivity index (χ0n) is 16.8. The third-order valence-corrected chi connectivity index (χ3v) is 5.47. The van der Waals surface area contributed by atoms with Crippen LogP contribution in [0.3, 0.4) is 0 Å². The molecule has 0 bridgehead atoms. The lowest BCUT2D eigenvalue weighted by molar-refractivity contribution is 0.0856. The van der Waals surface area contributed by atoms with E-state index >= 15 is 0 Å². The first-order valence-electron chi connectivity index (χ1n) is 10.2. The third-order valence-electron chi connectivity index (χ3n) is 5.47. The highest BCUT2D eigenvalue weighted by atomic mass is 16.6. The number of piperidine rings is 1. The first-order valence-corrected chi connectivity index (χ1v) is 10.2. The SMILES string of the molecule is Cc1ccc(C2CCCN(C(=O)OCc3ccccc3)C2)nc1-c1ccccc1. The molecule has 1 aliphatic heterocycles. The molecular weight excluding hydrogens is 360 g/mol. The van der Waals surface area contributed by atoms with Gasteiger partial charge in [-0.2, -0.15) is 0 Å². The number of pyridine rings is 1. The van der Waals surface area contributed by atoms with Crippen molar-refractivity contribution in [3.05, 3.63) is 89.6 Å². The van der Waals surface area contributed by atoms with E-state index in [2.05, 4.69) is 31.2 Å². The van der Waals surface area contributed by atoms with Crippen LogP contribution in [-0.4, -0.2) is 29.1 Å². The number of likely N-dealkylation sites (tertiary alicyclic amines) is 1. The lowest BCUT2D eigenvalue weighted by atomic mass is 9.93. The van der Waals surface area contributed by atoms with Crippen molar-refractivity contribution in [3.8, 4) is 11.3 Å². The molecule has 0 saturated carbocycles. The summed E-state index contributed by atoms with van der Waals surface area (Å²) in [5.41, 5.74) is 5.36. The van der Waals surface area contributed by atoms with Gasteiger partial charge in [0.2, 0.25) is 0 Å². The predicted molar refractivity (Wildman–Crippen MR) is 115 cm³/mol. The summed E-state index contributed by atoms with van der Waals surface area (Å²) in [6.45, 7) is 3.79. The lowest BCUT2D eigenvalue weighted by Gasteiger charge is -2.32. The maximum atomic E-state index is 12.6. The van der Waals surface area contributed by atoms with Crippen molar-refractivity contribution in [1.82, 2.24) is 9.88 Å². The Hall–Kier alpha value is -3.14. The Morgan fingerprint density at radius 2 is 1.76 bits per heavy atom. The molecule has 29 heavy (non-hydrogen) atoms. The summed E-state index contributed by atoms with van der Waals surface area (Å²) in [6.07, 6.45) is 1.75. The molecule has 2 heterocycles. The Bertz CT molecular complexity index is 957. The molecule has 1 saturated heterocycles. The number of aromatic nitrogens is 1. The molecule has 0 radical (unpaired) electrons. The van der Waals surface area contributed by atoms with Crippen LogP contribution in [-0.2, 0) is 11.3 Å². The van der Waals surface area contributed by atoms with Crippen LogP contribution in [0, 0.1) is 6.92 Å². The second kappa shape index (κ2) is 8.91. The Balaban J connectivity index is 1.45. The summed E-state index contributed by atoms with van der Waals surface area (Å²) in [5, 5.41) is 0. The molecule has 3 aromatic rings. The summed E-state index contributed by atoms with van der Waals surface area (Å²) >= 11 is 0. The van der Waals surface area contributed by atoms with E-state index in [4.69, 9.17) is 9.72 Å². The van der Waals surface area contributed by atoms with Crippen molar-refractivity contribution in [2.75, 3.05) is 13.1 Å². The van der Waals surface area contributed by atoms with E-state index in [0.717, 1.165) is 47.5 Å². The van der Waals surface area contributed by atoms with Crippen molar-refractivity contribution in [1.29, 1.82) is 0 Å². The van der Waals surface area contributed by atoms with Crippen LogP contribution in [0.2, 0.25) is 0 Å². The summed E-state index contributed by atoms with van der Waals surface area (Å²) in [6, 6.07) is 24.3. The van der Waals surface area contributed by atoms with Crippen molar-refractivity contribution >= 4 is 6.09 Å². The van der Waals surface area contributed by atoms with Crippen molar-refractivity contribution in [2.24, 2.45) is 0 Å². The number of rotatable bonds is 4. The molecule has 1 atom stereocenters. The maximum absolute atomic E-state index is 12.6. The quantitative estimate of drug-likeness (QED) is 0.588. The van der Waals surface area contributed by atoms with Crippen molar-refractivity contribution in [3.63, 3.8) is 0 Å². The van der Waals surface area contributed by atoms with E-state index in [1.807, 2.05) is 53.4 Å². The molecule has 2 aromatic carbocycles. The fraction of sp³-hybridized carbons (Fsp3) is 0.280. The van der Waals surface area contributed by atoms with Crippen LogP contribution in [0.15, 0.2) is 72.8 Å². The zero-order chi connectivity index (χ0) is 20.1. The van der Waals surface area contributed by atoms with Crippen LogP contribution in [0.4, 0.5) is 4.79 Å². The minimum atomic E-state index is -0.242. The van der Waals surface area contributed by atoms with E-state index in [0.29, 0.717) is 13.2 Å². The van der Waals surface area contributed by atoms with E-state index in [1.54, 1.807) is 0 Å². The Labute approximate surface area is 172 Å². The van der Waals surface area contributed by atoms with Gasteiger partial charge in [-0.15, -0.1) is 0 Å². The summed E-state index contributed by atoms with van der Waals surface area (Å²) in [5.74, 6) is 0.232. The number of ether oxygens (including phenoxy) is 1. The molecule has 0 aliphatic carbocycles. The van der Waals surface area contributed by atoms with Gasteiger partial charge in [0, 0.05) is 30.3 Å². The number of benzene rings is 2. The predicted octanol–water partition coefficient (Wildman–Crippen LogP) is 5.57. The van der Waals surface area contributed by atoms with Gasteiger partial charge in [-0.05, 0) is 37.0 Å². The number of hydrogen-bond acceptors (Lipinski definition) is 3. The lowest BCUT2D eigenvalue weighted by Crippen LogP contribution is -2.39. The molecule has 148 valence electrons. The number of carbonyl (C=O) groups is 1. The fourth-order valence-electron chi connectivity index (χ4n) is 3.85. The molecule has 4 rings (SSSR count). The smallest absolute Gasteiger partial charge is 0.410 e. The normalized spacial score (nSPS) is 16.4. The number of carbonyl (C=O) groups excluding carboxylic acids is 1. The van der Waals surface area contributed by atoms with E-state index in [-0.39, 0.29) is 12.0 Å². The third kappa shape index (κ3) is 4.65. The van der Waals surface area contributed by atoms with Crippen LogP contribution in [0.25, 0.3) is 11.3 Å². The summed E-state index contributed by atoms with van der Waals surface area (Å²) in [7, 11) is 0. The van der Waals surface area contributed by atoms with E-state index < -0.39 is 0 Å². The summed E-state index contributed by atoms with van der Waals surface area (Å²) < 4.78 is 5.53. The first-order chi connectivity index (χ1) is 14.2. The van der Waals surface area contributed by atoms with Crippen LogP contribution in [0.5, 0.6) is 0 Å². The van der Waals surface area contributed by atoms with Gasteiger partial charge in [0.15, 0.2) is 0 Å². The second-order valence-corrected chi connectivity index (χ2v) is 7.59. The molecule has 0 N–H and O–H groups in total. The molecule has 1 unspecified atom stereocenters. The van der Waals surface area contributed by atoms with Gasteiger partial charge in [0.1, 0.15) is 6.61 Å². The van der Waals surface area contributed by atoms with Gasteiger partial charge >= 0.3 is 6.09 Å². The number of aryl methyl sites for hydroxylation is 1. The van der Waals surface area contributed by atoms with E-state index in [9.17, 15) is 4.79 Å². The Morgan fingerprint density at radius 1 is 1.03 bits per heavy atom. The summed E-state index contributed by atoms with van der Waals surface area (Å²) in [4.78, 5) is 19.4.